The summed E-state index contributed by atoms with van der Waals surface area (Å²) < 4.78 is 0. The maximum Gasteiger partial charge on any atom is 0.259 e. The van der Waals surface area contributed by atoms with Crippen LogP contribution < -0.4 is 5.56 Å². The van der Waals surface area contributed by atoms with E-state index < -0.39 is 0 Å². The lowest BCUT2D eigenvalue weighted by Gasteiger charge is -2.34. The first-order chi connectivity index (χ1) is 15.8. The van der Waals surface area contributed by atoms with E-state index in [2.05, 4.69) is 42.8 Å². The highest BCUT2D eigenvalue weighted by Crippen LogP contribution is 2.33. The molecule has 1 aliphatic heterocycles. The Morgan fingerprint density at radius 3 is 2.45 bits per heavy atom. The molecule has 0 bridgehead atoms. The number of carbonyl (C=O) groups excluding carboxylic acids is 1. The number of H-pyrrole nitrogens is 1. The van der Waals surface area contributed by atoms with Gasteiger partial charge in [-0.3, -0.25) is 14.5 Å². The molecule has 2 aromatic heterocycles. The summed E-state index contributed by atoms with van der Waals surface area (Å²) >= 11 is 1.69. The van der Waals surface area contributed by atoms with Gasteiger partial charge in [0.05, 0.1) is 11.9 Å². The Morgan fingerprint density at radius 2 is 1.76 bits per heavy atom. The number of carbonyl (C=O) groups is 1. The number of aromatic amines is 1. The van der Waals surface area contributed by atoms with Gasteiger partial charge < -0.3 is 9.88 Å². The van der Waals surface area contributed by atoms with E-state index in [1.165, 1.54) is 22.4 Å². The van der Waals surface area contributed by atoms with Crippen molar-refractivity contribution in [3.63, 3.8) is 0 Å². The summed E-state index contributed by atoms with van der Waals surface area (Å²) in [4.78, 5) is 40.0. The average Bonchev–Trinajstić information content (AvgIpc) is 3.17. The Labute approximate surface area is 198 Å². The number of fused-ring (bicyclic) bond motifs is 3. The van der Waals surface area contributed by atoms with E-state index in [1.807, 2.05) is 17.0 Å². The van der Waals surface area contributed by atoms with Gasteiger partial charge in [0.15, 0.2) is 0 Å². The number of aryl methyl sites for hydroxylation is 2. The molecule has 0 spiro atoms. The number of nitrogens with one attached hydrogen (secondary N) is 1. The van der Waals surface area contributed by atoms with Crippen LogP contribution in [0.15, 0.2) is 29.1 Å². The Kier molecular flexibility index (Phi) is 5.87. The van der Waals surface area contributed by atoms with Crippen LogP contribution in [-0.2, 0) is 24.8 Å². The lowest BCUT2D eigenvalue weighted by atomic mass is 9.86. The fourth-order valence-corrected chi connectivity index (χ4v) is 6.18. The van der Waals surface area contributed by atoms with E-state index in [0.29, 0.717) is 19.6 Å². The fraction of sp³-hybridized carbons (Fsp3) is 0.500. The number of piperazine rings is 1. The highest BCUT2D eigenvalue weighted by Gasteiger charge is 2.24. The van der Waals surface area contributed by atoms with Gasteiger partial charge in [-0.2, -0.15) is 0 Å². The first-order valence-electron chi connectivity index (χ1n) is 12.0. The van der Waals surface area contributed by atoms with E-state index in [0.717, 1.165) is 54.0 Å². The van der Waals surface area contributed by atoms with Crippen molar-refractivity contribution in [2.24, 2.45) is 0 Å². The van der Waals surface area contributed by atoms with Crippen molar-refractivity contribution in [3.8, 4) is 0 Å². The largest absolute Gasteiger partial charge is 0.336 e. The van der Waals surface area contributed by atoms with Crippen LogP contribution in [0.5, 0.6) is 0 Å². The number of nitrogens with zero attached hydrogens (tertiary/aromatic N) is 3. The molecule has 1 amide bonds. The van der Waals surface area contributed by atoms with Crippen LogP contribution in [0.4, 0.5) is 0 Å². The molecule has 3 heterocycles. The van der Waals surface area contributed by atoms with Crippen LogP contribution in [0, 0.1) is 0 Å². The Balaban J connectivity index is 1.23. The third-order valence-electron chi connectivity index (χ3n) is 6.90. The number of benzene rings is 1. The molecule has 1 aliphatic carbocycles. The molecular formula is C26H32N4O2S. The number of amides is 1. The minimum atomic E-state index is 0.00178. The van der Waals surface area contributed by atoms with Gasteiger partial charge in [0, 0.05) is 36.6 Å². The van der Waals surface area contributed by atoms with Gasteiger partial charge in [0.25, 0.3) is 11.5 Å². The zero-order valence-electron chi connectivity index (χ0n) is 19.7. The summed E-state index contributed by atoms with van der Waals surface area (Å²) in [5.41, 5.74) is 3.28. The first kappa shape index (κ1) is 22.3. The minimum Gasteiger partial charge on any atom is -0.336 e. The van der Waals surface area contributed by atoms with Crippen LogP contribution in [0.1, 0.15) is 65.8 Å². The summed E-state index contributed by atoms with van der Waals surface area (Å²) in [7, 11) is 0. The van der Waals surface area contributed by atoms with Gasteiger partial charge in [-0.25, -0.2) is 4.98 Å². The standard InChI is InChI=1S/C26H32N4O2S/c1-26(2,3)18-10-8-17(9-11-18)25(32)30-14-12-29(13-15-30)16-21-27-23(31)22-19-6-4-5-7-20(19)33-24(22)28-21/h8-11H,4-7,12-16H2,1-3H3,(H,27,28,31). The van der Waals surface area contributed by atoms with Gasteiger partial charge >= 0.3 is 0 Å². The molecule has 7 heteroatoms. The van der Waals surface area contributed by atoms with Crippen LogP contribution in [-0.4, -0.2) is 51.9 Å². The Hall–Kier alpha value is -2.51. The monoisotopic (exact) mass is 464 g/mol. The zero-order chi connectivity index (χ0) is 23.2. The van der Waals surface area contributed by atoms with Crippen molar-refractivity contribution < 1.29 is 4.79 Å². The van der Waals surface area contributed by atoms with Crippen molar-refractivity contribution in [3.05, 3.63) is 62.0 Å². The molecular weight excluding hydrogens is 432 g/mol. The Bertz CT molecular complexity index is 1230. The molecule has 1 aromatic carbocycles. The summed E-state index contributed by atoms with van der Waals surface area (Å²) in [5.74, 6) is 0.816. The molecule has 5 rings (SSSR count). The minimum absolute atomic E-state index is 0.00178. The third kappa shape index (κ3) is 4.49. The molecule has 0 radical (unpaired) electrons. The SMILES string of the molecule is CC(C)(C)c1ccc(C(=O)N2CCN(Cc3nc4sc5c(c4c(=O)[nH]3)CCCC5)CC2)cc1. The molecule has 6 nitrogen and oxygen atoms in total. The Morgan fingerprint density at radius 1 is 1.06 bits per heavy atom. The molecule has 174 valence electrons. The molecule has 1 N–H and O–H groups in total. The molecule has 33 heavy (non-hydrogen) atoms. The lowest BCUT2D eigenvalue weighted by Crippen LogP contribution is -2.48. The number of rotatable bonds is 3. The predicted octanol–water partition coefficient (Wildman–Crippen LogP) is 4.12. The van der Waals surface area contributed by atoms with E-state index in [-0.39, 0.29) is 16.9 Å². The summed E-state index contributed by atoms with van der Waals surface area (Å²) in [6.45, 7) is 10.0. The van der Waals surface area contributed by atoms with Crippen molar-refractivity contribution in [2.75, 3.05) is 26.2 Å². The first-order valence-corrected chi connectivity index (χ1v) is 12.8. The topological polar surface area (TPSA) is 69.3 Å². The van der Waals surface area contributed by atoms with Gasteiger partial charge in [-0.1, -0.05) is 32.9 Å². The van der Waals surface area contributed by atoms with Crippen molar-refractivity contribution in [1.82, 2.24) is 19.8 Å². The van der Waals surface area contributed by atoms with Crippen molar-refractivity contribution >= 4 is 27.5 Å². The quantitative estimate of drug-likeness (QED) is 0.633. The summed E-state index contributed by atoms with van der Waals surface area (Å²) in [6, 6.07) is 8.01. The van der Waals surface area contributed by atoms with Gasteiger partial charge in [-0.15, -0.1) is 11.3 Å². The van der Waals surface area contributed by atoms with E-state index >= 15 is 0 Å². The third-order valence-corrected chi connectivity index (χ3v) is 8.09. The van der Waals surface area contributed by atoms with Crippen molar-refractivity contribution in [2.45, 2.75) is 58.4 Å². The fourth-order valence-electron chi connectivity index (χ4n) is 4.90. The van der Waals surface area contributed by atoms with E-state index in [1.54, 1.807) is 11.3 Å². The van der Waals surface area contributed by atoms with Crippen molar-refractivity contribution in [1.29, 1.82) is 0 Å². The maximum absolute atomic E-state index is 13.0. The second-order valence-electron chi connectivity index (χ2n) is 10.3. The van der Waals surface area contributed by atoms with Crippen LogP contribution >= 0.6 is 11.3 Å². The molecule has 0 unspecified atom stereocenters. The van der Waals surface area contributed by atoms with Crippen LogP contribution in [0.25, 0.3) is 10.2 Å². The molecule has 0 atom stereocenters. The molecule has 3 aromatic rings. The van der Waals surface area contributed by atoms with Gasteiger partial charge in [-0.05, 0) is 54.4 Å². The second-order valence-corrected chi connectivity index (χ2v) is 11.4. The van der Waals surface area contributed by atoms with Gasteiger partial charge in [0.1, 0.15) is 10.7 Å². The van der Waals surface area contributed by atoms with Crippen LogP contribution in [0.3, 0.4) is 0 Å². The summed E-state index contributed by atoms with van der Waals surface area (Å²) in [6.07, 6.45) is 4.42. The molecule has 1 saturated heterocycles. The second kappa shape index (κ2) is 8.69. The number of hydrogen-bond donors (Lipinski definition) is 1. The molecule has 1 fully saturated rings. The van der Waals surface area contributed by atoms with E-state index in [9.17, 15) is 9.59 Å². The number of aromatic nitrogens is 2. The predicted molar refractivity (Wildman–Crippen MR) is 133 cm³/mol. The molecule has 0 saturated carbocycles. The zero-order valence-corrected chi connectivity index (χ0v) is 20.6. The maximum atomic E-state index is 13.0. The molecule has 2 aliphatic rings. The summed E-state index contributed by atoms with van der Waals surface area (Å²) in [5, 5.41) is 0.811. The van der Waals surface area contributed by atoms with Crippen LogP contribution in [0.2, 0.25) is 0 Å². The lowest BCUT2D eigenvalue weighted by molar-refractivity contribution is 0.0625. The average molecular weight is 465 g/mol. The highest BCUT2D eigenvalue weighted by molar-refractivity contribution is 7.18. The highest BCUT2D eigenvalue weighted by atomic mass is 32.1. The van der Waals surface area contributed by atoms with Gasteiger partial charge in [0.2, 0.25) is 0 Å². The van der Waals surface area contributed by atoms with E-state index in [4.69, 9.17) is 4.98 Å². The smallest absolute Gasteiger partial charge is 0.259 e. The normalized spacial score (nSPS) is 17.4. The number of thiophene rings is 1. The number of hydrogen-bond acceptors (Lipinski definition) is 5.